The number of aliphatic hydroxyl groups excluding tert-OH is 1. The summed E-state index contributed by atoms with van der Waals surface area (Å²) in [6.07, 6.45) is 4.01. The number of hydrogen-bond donors (Lipinski definition) is 2. The first-order valence-electron chi connectivity index (χ1n) is 16.0. The van der Waals surface area contributed by atoms with Crippen molar-refractivity contribution < 1.29 is 36.2 Å². The highest BCUT2D eigenvalue weighted by atomic mass is 32.2. The Morgan fingerprint density at radius 2 is 1.81 bits per heavy atom. The number of rotatable bonds is 9. The maximum Gasteiger partial charge on any atom is 0.280 e. The lowest BCUT2D eigenvalue weighted by atomic mass is 10.0. The molecule has 3 aromatic rings. The van der Waals surface area contributed by atoms with Gasteiger partial charge in [0.2, 0.25) is 10.0 Å². The van der Waals surface area contributed by atoms with Gasteiger partial charge in [0.1, 0.15) is 5.75 Å². The molecule has 15 heteroatoms. The van der Waals surface area contributed by atoms with Gasteiger partial charge in [-0.15, -0.1) is 0 Å². The summed E-state index contributed by atoms with van der Waals surface area (Å²) in [4.78, 5) is 19.9. The summed E-state index contributed by atoms with van der Waals surface area (Å²) in [6.45, 7) is 7.56. The van der Waals surface area contributed by atoms with Crippen LogP contribution in [0.25, 0.3) is 0 Å². The summed E-state index contributed by atoms with van der Waals surface area (Å²) in [5.74, 6) is -0.568. The molecule has 0 radical (unpaired) electrons. The maximum absolute atomic E-state index is 14.3. The number of amides is 1. The van der Waals surface area contributed by atoms with Crippen LogP contribution in [-0.2, 0) is 31.8 Å². The van der Waals surface area contributed by atoms with E-state index >= 15 is 0 Å². The Labute approximate surface area is 284 Å². The van der Waals surface area contributed by atoms with Gasteiger partial charge in [0.25, 0.3) is 15.9 Å². The van der Waals surface area contributed by atoms with Crippen molar-refractivity contribution in [1.82, 2.24) is 18.8 Å². The lowest BCUT2D eigenvalue weighted by molar-refractivity contribution is -0.00833. The van der Waals surface area contributed by atoms with Crippen LogP contribution in [0.4, 0.5) is 5.69 Å². The van der Waals surface area contributed by atoms with Gasteiger partial charge in [-0.1, -0.05) is 24.6 Å². The van der Waals surface area contributed by atoms with Gasteiger partial charge in [-0.05, 0) is 70.4 Å². The highest BCUT2D eigenvalue weighted by Gasteiger charge is 2.32. The summed E-state index contributed by atoms with van der Waals surface area (Å²) in [5.41, 5.74) is 1.20. The number of nitrogens with zero attached hydrogens (tertiary/aromatic N) is 4. The Hall–Kier alpha value is -3.50. The van der Waals surface area contributed by atoms with E-state index in [4.69, 9.17) is 9.47 Å². The third-order valence-electron chi connectivity index (χ3n) is 8.43. The van der Waals surface area contributed by atoms with Crippen LogP contribution in [0, 0.1) is 12.8 Å². The summed E-state index contributed by atoms with van der Waals surface area (Å²) >= 11 is 0. The van der Waals surface area contributed by atoms with Crippen LogP contribution in [0.5, 0.6) is 5.75 Å². The topological polar surface area (TPSA) is 160 Å². The SMILES string of the molecule is Cc1ccc(S(=O)(=O)N(C)C[C@@H]2OCCCC[C@H](C)Oc3ccc(NS(=O)(=O)c4cn(C)cn4)cc3C(=O)N([C@@H](C)CO)C[C@@H]2C)cc1. The third-order valence-corrected chi connectivity index (χ3v) is 11.5. The Balaban J connectivity index is 1.67. The zero-order valence-corrected chi connectivity index (χ0v) is 30.0. The molecule has 4 rings (SSSR count). The molecule has 0 spiro atoms. The molecular weight excluding hydrogens is 659 g/mol. The fourth-order valence-corrected chi connectivity index (χ4v) is 7.64. The summed E-state index contributed by atoms with van der Waals surface area (Å²) in [6, 6.07) is 10.5. The predicted octanol–water partition coefficient (Wildman–Crippen LogP) is 3.65. The van der Waals surface area contributed by atoms with E-state index in [2.05, 4.69) is 9.71 Å². The average molecular weight is 706 g/mol. The number of fused-ring (bicyclic) bond motifs is 1. The lowest BCUT2D eigenvalue weighted by Crippen LogP contribution is -2.48. The first-order valence-corrected chi connectivity index (χ1v) is 18.9. The van der Waals surface area contributed by atoms with E-state index in [-0.39, 0.29) is 58.6 Å². The maximum atomic E-state index is 14.3. The van der Waals surface area contributed by atoms with Gasteiger partial charge in [-0.3, -0.25) is 9.52 Å². The second-order valence-electron chi connectivity index (χ2n) is 12.6. The molecule has 0 saturated heterocycles. The summed E-state index contributed by atoms with van der Waals surface area (Å²) in [7, 11) is -4.70. The third kappa shape index (κ3) is 9.14. The number of likely N-dealkylation sites (N-methyl/N-ethyl adjacent to an activating group) is 1. The number of benzene rings is 2. The van der Waals surface area contributed by atoms with Crippen molar-refractivity contribution >= 4 is 31.6 Å². The molecule has 4 atom stereocenters. The van der Waals surface area contributed by atoms with E-state index in [0.717, 1.165) is 12.0 Å². The number of sulfonamides is 2. The average Bonchev–Trinajstić information content (AvgIpc) is 3.49. The molecule has 1 amide bonds. The minimum atomic E-state index is -4.05. The van der Waals surface area contributed by atoms with Gasteiger partial charge in [0.15, 0.2) is 5.03 Å². The van der Waals surface area contributed by atoms with E-state index in [1.165, 1.54) is 45.5 Å². The predicted molar refractivity (Wildman–Crippen MR) is 182 cm³/mol. The number of aryl methyl sites for hydroxylation is 2. The Kier molecular flexibility index (Phi) is 12.3. The van der Waals surface area contributed by atoms with Crippen molar-refractivity contribution in [3.63, 3.8) is 0 Å². The van der Waals surface area contributed by atoms with Crippen LogP contribution >= 0.6 is 0 Å². The highest BCUT2D eigenvalue weighted by Crippen LogP contribution is 2.29. The Bertz CT molecular complexity index is 1760. The number of ether oxygens (including phenoxy) is 2. The van der Waals surface area contributed by atoms with Crippen LogP contribution in [0.15, 0.2) is 64.9 Å². The highest BCUT2D eigenvalue weighted by molar-refractivity contribution is 7.92. The summed E-state index contributed by atoms with van der Waals surface area (Å²) in [5, 5.41) is 10.0. The molecule has 1 aromatic heterocycles. The smallest absolute Gasteiger partial charge is 0.280 e. The molecule has 2 aromatic carbocycles. The number of carbonyl (C=O) groups excluding carboxylic acids is 1. The number of imidazole rings is 1. The number of aliphatic hydroxyl groups is 1. The van der Waals surface area contributed by atoms with E-state index in [1.54, 1.807) is 44.3 Å². The second kappa shape index (κ2) is 15.8. The van der Waals surface area contributed by atoms with Gasteiger partial charge in [0, 0.05) is 51.6 Å². The minimum Gasteiger partial charge on any atom is -0.490 e. The van der Waals surface area contributed by atoms with Gasteiger partial charge in [0.05, 0.1) is 41.6 Å². The first-order chi connectivity index (χ1) is 22.6. The fourth-order valence-electron chi connectivity index (χ4n) is 5.43. The van der Waals surface area contributed by atoms with Crippen LogP contribution in [0.1, 0.15) is 56.0 Å². The van der Waals surface area contributed by atoms with E-state index in [9.17, 15) is 26.7 Å². The van der Waals surface area contributed by atoms with Gasteiger partial charge in [-0.25, -0.2) is 13.4 Å². The lowest BCUT2D eigenvalue weighted by Gasteiger charge is -2.35. The molecule has 13 nitrogen and oxygen atoms in total. The van der Waals surface area contributed by atoms with Crippen LogP contribution in [0.2, 0.25) is 0 Å². The fraction of sp³-hybridized carbons (Fsp3) is 0.515. The van der Waals surface area contributed by atoms with Gasteiger partial charge >= 0.3 is 0 Å². The number of aromatic nitrogens is 2. The van der Waals surface area contributed by atoms with Crippen LogP contribution in [0.3, 0.4) is 0 Å². The standard InChI is InChI=1S/C33H47N5O8S2/c1-23-10-13-28(14-11-23)48(43,44)37(6)19-31-24(2)18-38(25(3)21-39)33(40)29-17-27(35-47(41,42)32-20-36(5)22-34-32)12-15-30(29)46-26(4)9-7-8-16-45-31/h10-15,17,20,22,24-26,31,35,39H,7-9,16,18-19,21H2,1-6H3/t24-,25-,26-,31-/m0/s1. The quantitative estimate of drug-likeness (QED) is 0.339. The number of carbonyl (C=O) groups is 1. The molecule has 0 aliphatic carbocycles. The van der Waals surface area contributed by atoms with E-state index in [1.807, 2.05) is 20.8 Å². The molecule has 1 aliphatic heterocycles. The monoisotopic (exact) mass is 705 g/mol. The summed E-state index contributed by atoms with van der Waals surface area (Å²) < 4.78 is 70.8. The molecular formula is C33H47N5O8S2. The molecule has 2 heterocycles. The van der Waals surface area contributed by atoms with Crippen molar-refractivity contribution in [3.8, 4) is 5.75 Å². The normalized spacial score (nSPS) is 20.9. The zero-order chi connectivity index (χ0) is 35.2. The van der Waals surface area contributed by atoms with Crippen LogP contribution < -0.4 is 9.46 Å². The number of nitrogens with one attached hydrogen (secondary N) is 1. The molecule has 48 heavy (non-hydrogen) atoms. The molecule has 0 fully saturated rings. The number of anilines is 1. The van der Waals surface area contributed by atoms with Gasteiger partial charge < -0.3 is 24.0 Å². The van der Waals surface area contributed by atoms with Crippen molar-refractivity contribution in [3.05, 3.63) is 66.1 Å². The molecule has 1 aliphatic rings. The van der Waals surface area contributed by atoms with Crippen molar-refractivity contribution in [2.75, 3.05) is 38.1 Å². The number of hydrogen-bond acceptors (Lipinski definition) is 9. The molecule has 0 unspecified atom stereocenters. The van der Waals surface area contributed by atoms with Gasteiger partial charge in [-0.2, -0.15) is 12.7 Å². The molecule has 2 N–H and O–H groups in total. The van der Waals surface area contributed by atoms with Crippen molar-refractivity contribution in [2.45, 2.75) is 75.1 Å². The first kappa shape index (κ1) is 37.3. The second-order valence-corrected chi connectivity index (χ2v) is 16.3. The van der Waals surface area contributed by atoms with Crippen molar-refractivity contribution in [2.24, 2.45) is 13.0 Å². The largest absolute Gasteiger partial charge is 0.490 e. The van der Waals surface area contributed by atoms with Crippen molar-refractivity contribution in [1.29, 1.82) is 0 Å². The molecule has 264 valence electrons. The molecule has 0 bridgehead atoms. The Morgan fingerprint density at radius 1 is 1.10 bits per heavy atom. The van der Waals surface area contributed by atoms with E-state index in [0.29, 0.717) is 19.4 Å². The zero-order valence-electron chi connectivity index (χ0n) is 28.4. The minimum absolute atomic E-state index is 0.0441. The molecule has 0 saturated carbocycles. The Morgan fingerprint density at radius 3 is 2.46 bits per heavy atom. The van der Waals surface area contributed by atoms with E-state index < -0.39 is 38.1 Å². The van der Waals surface area contributed by atoms with Crippen LogP contribution in [-0.4, -0.2) is 98.2 Å².